The molecule has 0 unspecified atom stereocenters. The Morgan fingerprint density at radius 3 is 2.36 bits per heavy atom. The minimum absolute atomic E-state index is 0.127. The van der Waals surface area contributed by atoms with Gasteiger partial charge in [-0.05, 0) is 41.8 Å². The standard InChI is InChI=1S/C20H22O8/c1-10(21)2-3-11-4-5-13-9-14(7-6-12(13)8-11)27-20-17(24)15(22)16(23)18(28-20)19(25)26/h4-9,15-18,20,22-24H,2-3H2,1H3,(H,25,26)/t15-,16-,17+,18-,20+/m0/s1. The van der Waals surface area contributed by atoms with Gasteiger partial charge >= 0.3 is 5.97 Å². The van der Waals surface area contributed by atoms with E-state index in [9.17, 15) is 24.9 Å². The first-order chi connectivity index (χ1) is 13.3. The molecule has 150 valence electrons. The lowest BCUT2D eigenvalue weighted by Crippen LogP contribution is -2.61. The molecule has 28 heavy (non-hydrogen) atoms. The molecule has 1 saturated heterocycles. The Morgan fingerprint density at radius 1 is 1.00 bits per heavy atom. The molecule has 0 radical (unpaired) electrons. The molecule has 0 spiro atoms. The lowest BCUT2D eigenvalue weighted by molar-refractivity contribution is -0.271. The normalized spacial score (nSPS) is 27.5. The van der Waals surface area contributed by atoms with Gasteiger partial charge in [0, 0.05) is 6.42 Å². The van der Waals surface area contributed by atoms with E-state index in [0.717, 1.165) is 16.3 Å². The summed E-state index contributed by atoms with van der Waals surface area (Å²) < 4.78 is 10.7. The van der Waals surface area contributed by atoms with Crippen molar-refractivity contribution < 1.29 is 39.5 Å². The van der Waals surface area contributed by atoms with Gasteiger partial charge in [-0.2, -0.15) is 0 Å². The minimum Gasteiger partial charge on any atom is -0.479 e. The van der Waals surface area contributed by atoms with Crippen LogP contribution in [0.15, 0.2) is 36.4 Å². The second-order valence-electron chi connectivity index (χ2n) is 6.90. The zero-order chi connectivity index (χ0) is 20.4. The van der Waals surface area contributed by atoms with Gasteiger partial charge < -0.3 is 34.7 Å². The molecule has 1 fully saturated rings. The Hall–Kier alpha value is -2.52. The summed E-state index contributed by atoms with van der Waals surface area (Å²) in [5.74, 6) is -1.04. The number of hydrogen-bond donors (Lipinski definition) is 4. The number of carbonyl (C=O) groups is 2. The summed E-state index contributed by atoms with van der Waals surface area (Å²) in [4.78, 5) is 22.3. The van der Waals surface area contributed by atoms with E-state index in [-0.39, 0.29) is 5.78 Å². The molecule has 0 aromatic heterocycles. The highest BCUT2D eigenvalue weighted by atomic mass is 16.7. The van der Waals surface area contributed by atoms with E-state index < -0.39 is 36.7 Å². The van der Waals surface area contributed by atoms with Crippen LogP contribution < -0.4 is 4.74 Å². The first-order valence-corrected chi connectivity index (χ1v) is 8.87. The predicted molar refractivity (Wildman–Crippen MR) is 97.9 cm³/mol. The lowest BCUT2D eigenvalue weighted by atomic mass is 9.99. The van der Waals surface area contributed by atoms with Crippen molar-refractivity contribution in [2.45, 2.75) is 50.5 Å². The summed E-state index contributed by atoms with van der Waals surface area (Å²) in [5, 5.41) is 40.5. The number of aliphatic hydroxyl groups excluding tert-OH is 3. The summed E-state index contributed by atoms with van der Waals surface area (Å²) >= 11 is 0. The summed E-state index contributed by atoms with van der Waals surface area (Å²) in [6.07, 6.45) is -7.14. The molecule has 2 aromatic rings. The number of benzene rings is 2. The lowest BCUT2D eigenvalue weighted by Gasteiger charge is -2.38. The van der Waals surface area contributed by atoms with Gasteiger partial charge in [0.25, 0.3) is 0 Å². The molecule has 0 amide bonds. The second kappa shape index (κ2) is 8.24. The number of rotatable bonds is 6. The third-order valence-electron chi connectivity index (χ3n) is 4.71. The van der Waals surface area contributed by atoms with Crippen LogP contribution >= 0.6 is 0 Å². The van der Waals surface area contributed by atoms with Crippen LogP contribution in [0.4, 0.5) is 0 Å². The van der Waals surface area contributed by atoms with Gasteiger partial charge in [0.2, 0.25) is 6.29 Å². The maximum atomic E-state index is 11.2. The highest BCUT2D eigenvalue weighted by molar-refractivity contribution is 5.84. The fraction of sp³-hybridized carbons (Fsp3) is 0.400. The average molecular weight is 390 g/mol. The van der Waals surface area contributed by atoms with E-state index >= 15 is 0 Å². The zero-order valence-electron chi connectivity index (χ0n) is 15.2. The SMILES string of the molecule is CC(=O)CCc1ccc2cc(O[C@@H]3O[C@H](C(=O)O)[C@@H](O)[C@H](O)[C@H]3O)ccc2c1. The molecule has 1 aliphatic heterocycles. The van der Waals surface area contributed by atoms with Gasteiger partial charge in [0.05, 0.1) is 0 Å². The number of fused-ring (bicyclic) bond motifs is 1. The molecule has 1 aliphatic rings. The van der Waals surface area contributed by atoms with E-state index in [0.29, 0.717) is 18.6 Å². The number of hydrogen-bond acceptors (Lipinski definition) is 7. The van der Waals surface area contributed by atoms with Crippen LogP contribution in [0.25, 0.3) is 10.8 Å². The number of aliphatic carboxylic acids is 1. The van der Waals surface area contributed by atoms with Crippen LogP contribution in [0.1, 0.15) is 18.9 Å². The van der Waals surface area contributed by atoms with Crippen molar-refractivity contribution >= 4 is 22.5 Å². The molecule has 1 heterocycles. The first kappa shape index (κ1) is 20.2. The highest BCUT2D eigenvalue weighted by Gasteiger charge is 2.48. The fourth-order valence-corrected chi connectivity index (χ4v) is 3.11. The Labute approximate surface area is 160 Å². The third kappa shape index (κ3) is 4.31. The van der Waals surface area contributed by atoms with Crippen LogP contribution in [0.5, 0.6) is 5.75 Å². The van der Waals surface area contributed by atoms with Crippen molar-refractivity contribution in [2.75, 3.05) is 0 Å². The Balaban J connectivity index is 1.77. The average Bonchev–Trinajstić information content (AvgIpc) is 2.66. The first-order valence-electron chi connectivity index (χ1n) is 8.87. The molecular formula is C20H22O8. The molecule has 8 nitrogen and oxygen atoms in total. The Bertz CT molecular complexity index is 880. The van der Waals surface area contributed by atoms with E-state index in [1.54, 1.807) is 25.1 Å². The number of Topliss-reactive ketones (excluding diaryl/α,β-unsaturated/α-hetero) is 1. The number of ether oxygens (including phenoxy) is 2. The summed E-state index contributed by atoms with van der Waals surface area (Å²) in [5.41, 5.74) is 1.03. The molecule has 8 heteroatoms. The van der Waals surface area contributed by atoms with Gasteiger partial charge in [0.15, 0.2) is 6.10 Å². The maximum absolute atomic E-state index is 11.2. The molecule has 3 rings (SSSR count). The molecule has 5 atom stereocenters. The van der Waals surface area contributed by atoms with Crippen molar-refractivity contribution in [3.63, 3.8) is 0 Å². The number of aryl methyl sites for hydroxylation is 1. The highest BCUT2D eigenvalue weighted by Crippen LogP contribution is 2.27. The summed E-state index contributed by atoms with van der Waals surface area (Å²) in [7, 11) is 0. The third-order valence-corrected chi connectivity index (χ3v) is 4.71. The van der Waals surface area contributed by atoms with Gasteiger partial charge in [-0.25, -0.2) is 4.79 Å². The minimum atomic E-state index is -1.77. The summed E-state index contributed by atoms with van der Waals surface area (Å²) in [6, 6.07) is 10.8. The Morgan fingerprint density at radius 2 is 1.68 bits per heavy atom. The smallest absolute Gasteiger partial charge is 0.335 e. The van der Waals surface area contributed by atoms with Gasteiger partial charge in [-0.15, -0.1) is 0 Å². The van der Waals surface area contributed by atoms with Crippen molar-refractivity contribution in [2.24, 2.45) is 0 Å². The quantitative estimate of drug-likeness (QED) is 0.564. The van der Waals surface area contributed by atoms with E-state index in [1.165, 1.54) is 0 Å². The zero-order valence-corrected chi connectivity index (χ0v) is 15.2. The van der Waals surface area contributed by atoms with E-state index in [1.807, 2.05) is 18.2 Å². The molecule has 0 bridgehead atoms. The van der Waals surface area contributed by atoms with Gasteiger partial charge in [-0.1, -0.05) is 24.3 Å². The molecule has 2 aromatic carbocycles. The van der Waals surface area contributed by atoms with Crippen LogP contribution in [-0.4, -0.2) is 62.9 Å². The van der Waals surface area contributed by atoms with Crippen molar-refractivity contribution in [1.29, 1.82) is 0 Å². The number of carboxylic acid groups (broad SMARTS) is 1. The Kier molecular flexibility index (Phi) is 5.95. The molecular weight excluding hydrogens is 368 g/mol. The topological polar surface area (TPSA) is 134 Å². The van der Waals surface area contributed by atoms with Crippen molar-refractivity contribution in [3.8, 4) is 5.75 Å². The van der Waals surface area contributed by atoms with Crippen LogP contribution in [0.3, 0.4) is 0 Å². The van der Waals surface area contributed by atoms with Crippen LogP contribution in [0, 0.1) is 0 Å². The fourth-order valence-electron chi connectivity index (χ4n) is 3.11. The molecule has 0 aliphatic carbocycles. The second-order valence-corrected chi connectivity index (χ2v) is 6.90. The van der Waals surface area contributed by atoms with Crippen LogP contribution in [0.2, 0.25) is 0 Å². The molecule has 4 N–H and O–H groups in total. The van der Waals surface area contributed by atoms with Crippen LogP contribution in [-0.2, 0) is 20.7 Å². The number of aliphatic hydroxyl groups is 3. The van der Waals surface area contributed by atoms with E-state index in [2.05, 4.69) is 0 Å². The van der Waals surface area contributed by atoms with E-state index in [4.69, 9.17) is 14.6 Å². The molecule has 0 saturated carbocycles. The summed E-state index contributed by atoms with van der Waals surface area (Å²) in [6.45, 7) is 1.55. The van der Waals surface area contributed by atoms with Gasteiger partial charge in [0.1, 0.15) is 29.8 Å². The van der Waals surface area contributed by atoms with Gasteiger partial charge in [-0.3, -0.25) is 0 Å². The number of carbonyl (C=O) groups excluding carboxylic acids is 1. The predicted octanol–water partition coefficient (Wildman–Crippen LogP) is 0.632. The number of ketones is 1. The van der Waals surface area contributed by atoms with Crippen molar-refractivity contribution in [3.05, 3.63) is 42.0 Å². The largest absolute Gasteiger partial charge is 0.479 e. The maximum Gasteiger partial charge on any atom is 0.335 e. The van der Waals surface area contributed by atoms with Crippen molar-refractivity contribution in [1.82, 2.24) is 0 Å². The number of carboxylic acids is 1. The monoisotopic (exact) mass is 390 g/mol.